The van der Waals surface area contributed by atoms with Crippen LogP contribution in [0.5, 0.6) is 11.5 Å². The van der Waals surface area contributed by atoms with E-state index in [4.69, 9.17) is 15.9 Å². The third kappa shape index (κ3) is 6.15. The number of terminal acetylenes is 1. The van der Waals surface area contributed by atoms with Gasteiger partial charge in [-0.2, -0.15) is 0 Å². The lowest BCUT2D eigenvalue weighted by Gasteiger charge is -2.17. The Bertz CT molecular complexity index is 754. The number of carbonyl (C=O) groups is 1. The first-order valence-corrected chi connectivity index (χ1v) is 8.34. The molecule has 0 saturated carbocycles. The SMILES string of the molecule is C#CCNC(=O)CN(C)Cc1ccc(OCc2ccccc2)c(OC)c1. The zero-order valence-corrected chi connectivity index (χ0v) is 15.2. The quantitative estimate of drug-likeness (QED) is 0.705. The predicted octanol–water partition coefficient (Wildman–Crippen LogP) is 2.46. The minimum Gasteiger partial charge on any atom is -0.493 e. The lowest BCUT2D eigenvalue weighted by Crippen LogP contribution is -2.34. The van der Waals surface area contributed by atoms with Crippen LogP contribution in [0.2, 0.25) is 0 Å². The van der Waals surface area contributed by atoms with Gasteiger partial charge in [0.2, 0.25) is 5.91 Å². The van der Waals surface area contributed by atoms with E-state index < -0.39 is 0 Å². The van der Waals surface area contributed by atoms with Crippen molar-refractivity contribution >= 4 is 5.91 Å². The Morgan fingerprint density at radius 3 is 2.62 bits per heavy atom. The van der Waals surface area contributed by atoms with Crippen molar-refractivity contribution in [1.82, 2.24) is 10.2 Å². The van der Waals surface area contributed by atoms with Gasteiger partial charge in [-0.05, 0) is 30.3 Å². The number of amides is 1. The highest BCUT2D eigenvalue weighted by Crippen LogP contribution is 2.29. The summed E-state index contributed by atoms with van der Waals surface area (Å²) in [5.41, 5.74) is 2.12. The molecule has 0 unspecified atom stereocenters. The summed E-state index contributed by atoms with van der Waals surface area (Å²) in [7, 11) is 3.49. The third-order valence-corrected chi connectivity index (χ3v) is 3.72. The number of hydrogen-bond donors (Lipinski definition) is 1. The molecule has 1 amide bonds. The predicted molar refractivity (Wildman–Crippen MR) is 102 cm³/mol. The highest BCUT2D eigenvalue weighted by molar-refractivity contribution is 5.78. The van der Waals surface area contributed by atoms with Crippen LogP contribution < -0.4 is 14.8 Å². The second-order valence-corrected chi connectivity index (χ2v) is 5.91. The van der Waals surface area contributed by atoms with Gasteiger partial charge >= 0.3 is 0 Å². The normalized spacial score (nSPS) is 10.2. The number of likely N-dealkylation sites (N-methyl/N-ethyl adjacent to an activating group) is 1. The number of nitrogens with zero attached hydrogens (tertiary/aromatic N) is 1. The van der Waals surface area contributed by atoms with Gasteiger partial charge in [0, 0.05) is 6.54 Å². The van der Waals surface area contributed by atoms with Crippen molar-refractivity contribution in [3.05, 3.63) is 59.7 Å². The van der Waals surface area contributed by atoms with Gasteiger partial charge in [0.1, 0.15) is 6.61 Å². The van der Waals surface area contributed by atoms with Gasteiger partial charge in [-0.3, -0.25) is 9.69 Å². The summed E-state index contributed by atoms with van der Waals surface area (Å²) in [5, 5.41) is 2.65. The molecule has 0 heterocycles. The second-order valence-electron chi connectivity index (χ2n) is 5.91. The van der Waals surface area contributed by atoms with Gasteiger partial charge in [-0.15, -0.1) is 6.42 Å². The number of nitrogens with one attached hydrogen (secondary N) is 1. The molecular formula is C21H24N2O3. The molecule has 0 aliphatic carbocycles. The molecule has 2 rings (SSSR count). The molecule has 0 atom stereocenters. The van der Waals surface area contributed by atoms with E-state index >= 15 is 0 Å². The molecule has 0 saturated heterocycles. The van der Waals surface area contributed by atoms with Gasteiger partial charge < -0.3 is 14.8 Å². The van der Waals surface area contributed by atoms with Crippen molar-refractivity contribution in [3.8, 4) is 23.8 Å². The molecule has 2 aromatic carbocycles. The van der Waals surface area contributed by atoms with Gasteiger partial charge in [-0.1, -0.05) is 42.3 Å². The largest absolute Gasteiger partial charge is 0.493 e. The van der Waals surface area contributed by atoms with Crippen molar-refractivity contribution in [2.75, 3.05) is 27.2 Å². The first kappa shape index (κ1) is 19.4. The van der Waals surface area contributed by atoms with E-state index in [0.717, 1.165) is 11.1 Å². The van der Waals surface area contributed by atoms with Crippen LogP contribution in [0.1, 0.15) is 11.1 Å². The first-order chi connectivity index (χ1) is 12.6. The molecule has 1 N–H and O–H groups in total. The summed E-state index contributed by atoms with van der Waals surface area (Å²) in [4.78, 5) is 13.6. The molecule has 0 aliphatic rings. The van der Waals surface area contributed by atoms with Crippen LogP contribution in [0.3, 0.4) is 0 Å². The molecule has 0 aromatic heterocycles. The molecule has 2 aromatic rings. The van der Waals surface area contributed by atoms with E-state index in [1.165, 1.54) is 0 Å². The average Bonchev–Trinajstić information content (AvgIpc) is 2.65. The Hall–Kier alpha value is -2.97. The van der Waals surface area contributed by atoms with Crippen molar-refractivity contribution < 1.29 is 14.3 Å². The van der Waals surface area contributed by atoms with Gasteiger partial charge in [0.25, 0.3) is 0 Å². The standard InChI is InChI=1S/C21H24N2O3/c1-4-12-22-21(24)15-23(2)14-18-10-11-19(20(13-18)25-3)26-16-17-8-6-5-7-9-17/h1,5-11,13H,12,14-16H2,2-3H3,(H,22,24). The highest BCUT2D eigenvalue weighted by atomic mass is 16.5. The molecule has 26 heavy (non-hydrogen) atoms. The fourth-order valence-corrected chi connectivity index (χ4v) is 2.48. The van der Waals surface area contributed by atoms with Crippen molar-refractivity contribution in [3.63, 3.8) is 0 Å². The summed E-state index contributed by atoms with van der Waals surface area (Å²) in [6, 6.07) is 15.8. The maximum Gasteiger partial charge on any atom is 0.234 e. The zero-order valence-electron chi connectivity index (χ0n) is 15.2. The Kier molecular flexibility index (Phi) is 7.53. The molecule has 136 valence electrons. The zero-order chi connectivity index (χ0) is 18.8. The van der Waals surface area contributed by atoms with Crippen molar-refractivity contribution in [2.24, 2.45) is 0 Å². The Morgan fingerprint density at radius 2 is 1.92 bits per heavy atom. The molecule has 5 nitrogen and oxygen atoms in total. The number of rotatable bonds is 9. The van der Waals surface area contributed by atoms with Crippen LogP contribution in [0.15, 0.2) is 48.5 Å². The fraction of sp³-hybridized carbons (Fsp3) is 0.286. The van der Waals surface area contributed by atoms with Crippen LogP contribution in [0.25, 0.3) is 0 Å². The van der Waals surface area contributed by atoms with Crippen molar-refractivity contribution in [1.29, 1.82) is 0 Å². The highest BCUT2D eigenvalue weighted by Gasteiger charge is 2.10. The maximum absolute atomic E-state index is 11.7. The minimum absolute atomic E-state index is 0.0970. The monoisotopic (exact) mass is 352 g/mol. The summed E-state index contributed by atoms with van der Waals surface area (Å²) < 4.78 is 11.3. The third-order valence-electron chi connectivity index (χ3n) is 3.72. The second kappa shape index (κ2) is 10.1. The maximum atomic E-state index is 11.7. The Morgan fingerprint density at radius 1 is 1.15 bits per heavy atom. The van der Waals surface area contributed by atoms with Gasteiger partial charge in [-0.25, -0.2) is 0 Å². The van der Waals surface area contributed by atoms with Gasteiger partial charge in [0.05, 0.1) is 20.2 Å². The van der Waals surface area contributed by atoms with Crippen molar-refractivity contribution in [2.45, 2.75) is 13.2 Å². The summed E-state index contributed by atoms with van der Waals surface area (Å²) in [5.74, 6) is 3.65. The Labute approximate surface area is 154 Å². The number of methoxy groups -OCH3 is 1. The molecule has 0 aliphatic heterocycles. The van der Waals surface area contributed by atoms with Crippen LogP contribution in [0, 0.1) is 12.3 Å². The van der Waals surface area contributed by atoms with Crippen LogP contribution in [0.4, 0.5) is 0 Å². The van der Waals surface area contributed by atoms with E-state index in [1.54, 1.807) is 7.11 Å². The number of benzene rings is 2. The fourth-order valence-electron chi connectivity index (χ4n) is 2.48. The van der Waals surface area contributed by atoms with E-state index in [9.17, 15) is 4.79 Å². The number of carbonyl (C=O) groups excluding carboxylic acids is 1. The van der Waals surface area contributed by atoms with E-state index in [-0.39, 0.29) is 19.0 Å². The van der Waals surface area contributed by atoms with Crippen LogP contribution in [-0.2, 0) is 17.9 Å². The summed E-state index contributed by atoms with van der Waals surface area (Å²) in [6.07, 6.45) is 5.13. The topological polar surface area (TPSA) is 50.8 Å². The molecule has 0 spiro atoms. The number of ether oxygens (including phenoxy) is 2. The smallest absolute Gasteiger partial charge is 0.234 e. The van der Waals surface area contributed by atoms with E-state index in [2.05, 4.69) is 11.2 Å². The van der Waals surface area contributed by atoms with Crippen LogP contribution in [-0.4, -0.2) is 38.1 Å². The Balaban J connectivity index is 1.94. The minimum atomic E-state index is -0.0970. The van der Waals surface area contributed by atoms with E-state index in [0.29, 0.717) is 24.7 Å². The average molecular weight is 352 g/mol. The van der Waals surface area contributed by atoms with Gasteiger partial charge in [0.15, 0.2) is 11.5 Å². The summed E-state index contributed by atoms with van der Waals surface area (Å²) in [6.45, 7) is 1.61. The number of hydrogen-bond acceptors (Lipinski definition) is 4. The van der Waals surface area contributed by atoms with E-state index in [1.807, 2.05) is 60.5 Å². The lowest BCUT2D eigenvalue weighted by atomic mass is 10.2. The van der Waals surface area contributed by atoms with Crippen LogP contribution >= 0.6 is 0 Å². The molecule has 0 radical (unpaired) electrons. The summed E-state index contributed by atoms with van der Waals surface area (Å²) >= 11 is 0. The molecular weight excluding hydrogens is 328 g/mol. The molecule has 5 heteroatoms. The first-order valence-electron chi connectivity index (χ1n) is 8.34. The molecule has 0 fully saturated rings. The lowest BCUT2D eigenvalue weighted by molar-refractivity contribution is -0.121. The molecule has 0 bridgehead atoms.